The van der Waals surface area contributed by atoms with Gasteiger partial charge in [0.15, 0.2) is 0 Å². The molecule has 3 unspecified atom stereocenters. The quantitative estimate of drug-likeness (QED) is 0.825. The van der Waals surface area contributed by atoms with Crippen LogP contribution in [-0.2, 0) is 0 Å². The van der Waals surface area contributed by atoms with Crippen molar-refractivity contribution >= 4 is 11.8 Å². The van der Waals surface area contributed by atoms with E-state index in [1.54, 1.807) is 6.20 Å². The van der Waals surface area contributed by atoms with Crippen molar-refractivity contribution in [1.29, 1.82) is 0 Å². The molecule has 0 aromatic carbocycles. The minimum Gasteiger partial charge on any atom is -0.368 e. The van der Waals surface area contributed by atoms with Crippen LogP contribution in [0.2, 0.25) is 0 Å². The number of hydrogen-bond acceptors (Lipinski definition) is 4. The van der Waals surface area contributed by atoms with Crippen LogP contribution in [0.3, 0.4) is 0 Å². The van der Waals surface area contributed by atoms with Gasteiger partial charge in [0, 0.05) is 17.8 Å². The molecular formula is C13H22N4. The highest BCUT2D eigenvalue weighted by Crippen LogP contribution is 2.30. The van der Waals surface area contributed by atoms with Crippen molar-refractivity contribution in [2.45, 2.75) is 46.1 Å². The average Bonchev–Trinajstić information content (AvgIpc) is 2.27. The van der Waals surface area contributed by atoms with Crippen LogP contribution < -0.4 is 11.1 Å². The Morgan fingerprint density at radius 2 is 2.12 bits per heavy atom. The molecule has 0 spiro atoms. The van der Waals surface area contributed by atoms with Gasteiger partial charge >= 0.3 is 0 Å². The van der Waals surface area contributed by atoms with Crippen LogP contribution >= 0.6 is 0 Å². The molecule has 1 saturated carbocycles. The third-order valence-electron chi connectivity index (χ3n) is 3.74. The molecule has 0 amide bonds. The van der Waals surface area contributed by atoms with E-state index in [1.807, 2.05) is 6.92 Å². The second kappa shape index (κ2) is 4.90. The fourth-order valence-corrected chi connectivity index (χ4v) is 2.66. The molecule has 1 aromatic rings. The number of hydrogen-bond donors (Lipinski definition) is 2. The molecule has 0 saturated heterocycles. The van der Waals surface area contributed by atoms with Crippen LogP contribution in [0.25, 0.3) is 0 Å². The maximum Gasteiger partial charge on any atom is 0.221 e. The van der Waals surface area contributed by atoms with E-state index >= 15 is 0 Å². The number of nitrogens with zero attached hydrogens (tertiary/aromatic N) is 2. The van der Waals surface area contributed by atoms with Gasteiger partial charge in [0.2, 0.25) is 5.95 Å². The van der Waals surface area contributed by atoms with Gasteiger partial charge in [0.1, 0.15) is 5.82 Å². The monoisotopic (exact) mass is 234 g/mol. The molecule has 3 N–H and O–H groups in total. The first-order valence-corrected chi connectivity index (χ1v) is 6.42. The molecule has 0 aliphatic heterocycles. The van der Waals surface area contributed by atoms with E-state index in [4.69, 9.17) is 5.73 Å². The number of nitrogens with one attached hydrogen (secondary N) is 1. The first-order chi connectivity index (χ1) is 8.06. The first kappa shape index (κ1) is 12.1. The lowest BCUT2D eigenvalue weighted by Crippen LogP contribution is -2.33. The molecule has 3 atom stereocenters. The maximum atomic E-state index is 5.63. The smallest absolute Gasteiger partial charge is 0.221 e. The number of rotatable bonds is 2. The summed E-state index contributed by atoms with van der Waals surface area (Å²) in [7, 11) is 0. The lowest BCUT2D eigenvalue weighted by Gasteiger charge is -2.33. The van der Waals surface area contributed by atoms with Gasteiger partial charge in [-0.25, -0.2) is 4.98 Å². The van der Waals surface area contributed by atoms with Gasteiger partial charge in [0.05, 0.1) is 0 Å². The van der Waals surface area contributed by atoms with Gasteiger partial charge in [-0.05, 0) is 38.0 Å². The molecule has 17 heavy (non-hydrogen) atoms. The number of aryl methyl sites for hydroxylation is 1. The molecule has 2 rings (SSSR count). The summed E-state index contributed by atoms with van der Waals surface area (Å²) in [5, 5.41) is 3.53. The van der Waals surface area contributed by atoms with Crippen molar-refractivity contribution < 1.29 is 0 Å². The molecule has 1 aromatic heterocycles. The third kappa shape index (κ3) is 2.87. The molecule has 4 nitrogen and oxygen atoms in total. The highest BCUT2D eigenvalue weighted by Gasteiger charge is 2.25. The molecule has 1 fully saturated rings. The summed E-state index contributed by atoms with van der Waals surface area (Å²) in [4.78, 5) is 8.27. The predicted molar refractivity (Wildman–Crippen MR) is 70.8 cm³/mol. The number of nitrogen functional groups attached to an aromatic ring is 1. The van der Waals surface area contributed by atoms with Gasteiger partial charge in [-0.1, -0.05) is 13.8 Å². The van der Waals surface area contributed by atoms with Gasteiger partial charge < -0.3 is 11.1 Å². The van der Waals surface area contributed by atoms with E-state index < -0.39 is 0 Å². The van der Waals surface area contributed by atoms with Crippen molar-refractivity contribution in [3.05, 3.63) is 11.8 Å². The summed E-state index contributed by atoms with van der Waals surface area (Å²) in [6, 6.07) is 0.513. The van der Waals surface area contributed by atoms with Crippen molar-refractivity contribution in [3.8, 4) is 0 Å². The molecule has 0 radical (unpaired) electrons. The number of aromatic nitrogens is 2. The largest absolute Gasteiger partial charge is 0.368 e. The topological polar surface area (TPSA) is 63.8 Å². The number of anilines is 2. The van der Waals surface area contributed by atoms with Crippen molar-refractivity contribution in [3.63, 3.8) is 0 Å². The Hall–Kier alpha value is -1.32. The maximum absolute atomic E-state index is 5.63. The van der Waals surface area contributed by atoms with Crippen LogP contribution in [0.1, 0.15) is 38.7 Å². The Labute approximate surface area is 103 Å². The lowest BCUT2D eigenvalue weighted by atomic mass is 9.80. The van der Waals surface area contributed by atoms with Gasteiger partial charge in [0.25, 0.3) is 0 Å². The van der Waals surface area contributed by atoms with Gasteiger partial charge in [-0.3, -0.25) is 0 Å². The summed E-state index contributed by atoms with van der Waals surface area (Å²) in [5.74, 6) is 2.77. The Kier molecular flexibility index (Phi) is 3.50. The third-order valence-corrected chi connectivity index (χ3v) is 3.74. The van der Waals surface area contributed by atoms with E-state index in [0.717, 1.165) is 17.3 Å². The summed E-state index contributed by atoms with van der Waals surface area (Å²) in [5.41, 5.74) is 6.69. The second-order valence-electron chi connectivity index (χ2n) is 5.41. The zero-order chi connectivity index (χ0) is 12.4. The van der Waals surface area contributed by atoms with Crippen LogP contribution in [0.5, 0.6) is 0 Å². The molecule has 1 aliphatic rings. The van der Waals surface area contributed by atoms with Gasteiger partial charge in [-0.2, -0.15) is 4.98 Å². The van der Waals surface area contributed by atoms with E-state index in [1.165, 1.54) is 19.3 Å². The van der Waals surface area contributed by atoms with Crippen molar-refractivity contribution in [2.75, 3.05) is 11.1 Å². The van der Waals surface area contributed by atoms with Crippen molar-refractivity contribution in [2.24, 2.45) is 11.8 Å². The van der Waals surface area contributed by atoms with Crippen LogP contribution in [0.4, 0.5) is 11.8 Å². The summed E-state index contributed by atoms with van der Waals surface area (Å²) >= 11 is 0. The van der Waals surface area contributed by atoms with Gasteiger partial charge in [-0.15, -0.1) is 0 Å². The van der Waals surface area contributed by atoms with Crippen LogP contribution in [-0.4, -0.2) is 16.0 Å². The van der Waals surface area contributed by atoms with Crippen LogP contribution in [0, 0.1) is 18.8 Å². The molecule has 0 bridgehead atoms. The predicted octanol–water partition coefficient (Wildman–Crippen LogP) is 2.60. The standard InChI is InChI=1S/C13H22N4/c1-8-4-5-11(9(2)6-8)16-12-10(3)7-15-13(14)17-12/h7-9,11H,4-6H2,1-3H3,(H3,14,15,16,17). The normalized spacial score (nSPS) is 29.0. The number of nitrogens with two attached hydrogens (primary N) is 1. The van der Waals surface area contributed by atoms with Crippen LogP contribution in [0.15, 0.2) is 6.20 Å². The van der Waals surface area contributed by atoms with E-state index in [9.17, 15) is 0 Å². The molecule has 1 heterocycles. The Balaban J connectivity index is 2.07. The lowest BCUT2D eigenvalue weighted by molar-refractivity contribution is 0.276. The zero-order valence-corrected chi connectivity index (χ0v) is 10.9. The summed E-state index contributed by atoms with van der Waals surface area (Å²) in [6.07, 6.45) is 5.57. The average molecular weight is 234 g/mol. The molecule has 1 aliphatic carbocycles. The highest BCUT2D eigenvalue weighted by molar-refractivity contribution is 5.46. The zero-order valence-electron chi connectivity index (χ0n) is 10.9. The molecular weight excluding hydrogens is 212 g/mol. The van der Waals surface area contributed by atoms with Crippen molar-refractivity contribution in [1.82, 2.24) is 9.97 Å². The highest BCUT2D eigenvalue weighted by atomic mass is 15.1. The fourth-order valence-electron chi connectivity index (χ4n) is 2.66. The Bertz CT molecular complexity index is 391. The second-order valence-corrected chi connectivity index (χ2v) is 5.41. The Morgan fingerprint density at radius 3 is 2.82 bits per heavy atom. The molecule has 94 valence electrons. The minimum atomic E-state index is 0.343. The van der Waals surface area contributed by atoms with E-state index in [2.05, 4.69) is 29.1 Å². The summed E-state index contributed by atoms with van der Waals surface area (Å²) < 4.78 is 0. The minimum absolute atomic E-state index is 0.343. The SMILES string of the molecule is Cc1cnc(N)nc1NC1CCC(C)CC1C. The van der Waals surface area contributed by atoms with E-state index in [0.29, 0.717) is 17.9 Å². The first-order valence-electron chi connectivity index (χ1n) is 6.42. The van der Waals surface area contributed by atoms with E-state index in [-0.39, 0.29) is 0 Å². The Morgan fingerprint density at radius 1 is 1.35 bits per heavy atom. The summed E-state index contributed by atoms with van der Waals surface area (Å²) in [6.45, 7) is 6.66. The fraction of sp³-hybridized carbons (Fsp3) is 0.692. The molecule has 4 heteroatoms.